The molecular weight excluding hydrogens is 252 g/mol. The molecule has 6 heteroatoms. The van der Waals surface area contributed by atoms with E-state index < -0.39 is 17.5 Å². The summed E-state index contributed by atoms with van der Waals surface area (Å²) < 4.78 is 26.1. The minimum absolute atomic E-state index is 0.0774. The second-order valence-corrected chi connectivity index (χ2v) is 4.11. The number of hydrogen-bond donors (Lipinski definition) is 2. The number of hydrogen-bond acceptors (Lipinski definition) is 2. The van der Waals surface area contributed by atoms with E-state index in [1.807, 2.05) is 6.92 Å². The van der Waals surface area contributed by atoms with Crippen molar-refractivity contribution in [3.8, 4) is 0 Å². The van der Waals surface area contributed by atoms with Gasteiger partial charge in [-0.15, -0.1) is 0 Å². The number of nitrogens with one attached hydrogen (secondary N) is 2. The third kappa shape index (κ3) is 3.15. The lowest BCUT2D eigenvalue weighted by Crippen LogP contribution is -2.13. The molecule has 19 heavy (non-hydrogen) atoms. The van der Waals surface area contributed by atoms with Gasteiger partial charge in [-0.25, -0.2) is 8.78 Å². The first-order chi connectivity index (χ1) is 9.10. The van der Waals surface area contributed by atoms with E-state index in [1.165, 1.54) is 6.07 Å². The molecule has 0 atom stereocenters. The van der Waals surface area contributed by atoms with Crippen LogP contribution in [0.5, 0.6) is 0 Å². The summed E-state index contributed by atoms with van der Waals surface area (Å²) in [6.45, 7) is 2.01. The molecule has 0 aliphatic carbocycles. The van der Waals surface area contributed by atoms with E-state index in [1.54, 1.807) is 6.07 Å². The number of H-pyrrole nitrogens is 1. The van der Waals surface area contributed by atoms with Gasteiger partial charge in [-0.3, -0.25) is 9.89 Å². The topological polar surface area (TPSA) is 57.8 Å². The fraction of sp³-hybridized carbons (Fsp3) is 0.231. The molecule has 4 nitrogen and oxygen atoms in total. The zero-order valence-electron chi connectivity index (χ0n) is 10.3. The summed E-state index contributed by atoms with van der Waals surface area (Å²) in [5, 5.41) is 8.92. The molecule has 1 amide bonds. The number of rotatable bonds is 4. The van der Waals surface area contributed by atoms with Crippen molar-refractivity contribution in [2.24, 2.45) is 0 Å². The van der Waals surface area contributed by atoms with Crippen molar-refractivity contribution in [1.82, 2.24) is 10.2 Å². The number of aromatic nitrogens is 2. The highest BCUT2D eigenvalue weighted by atomic mass is 19.1. The summed E-state index contributed by atoms with van der Waals surface area (Å²) in [4.78, 5) is 11.8. The number of amides is 1. The van der Waals surface area contributed by atoms with Crippen LogP contribution in [0.25, 0.3) is 0 Å². The number of benzene rings is 1. The van der Waals surface area contributed by atoms with E-state index in [0.717, 1.165) is 24.6 Å². The Kier molecular flexibility index (Phi) is 3.89. The van der Waals surface area contributed by atoms with Crippen molar-refractivity contribution in [2.45, 2.75) is 19.8 Å². The van der Waals surface area contributed by atoms with Gasteiger partial charge in [0, 0.05) is 11.8 Å². The van der Waals surface area contributed by atoms with Gasteiger partial charge in [-0.05, 0) is 24.6 Å². The van der Waals surface area contributed by atoms with E-state index in [0.29, 0.717) is 6.07 Å². The van der Waals surface area contributed by atoms with Gasteiger partial charge in [-0.1, -0.05) is 13.3 Å². The minimum Gasteiger partial charge on any atom is -0.318 e. The predicted octanol–water partition coefficient (Wildman–Crippen LogP) is 2.89. The highest BCUT2D eigenvalue weighted by Crippen LogP contribution is 2.16. The Bertz CT molecular complexity index is 595. The van der Waals surface area contributed by atoms with E-state index in [9.17, 15) is 13.6 Å². The average Bonchev–Trinajstić information content (AvgIpc) is 2.82. The van der Waals surface area contributed by atoms with Gasteiger partial charge in [0.25, 0.3) is 5.91 Å². The quantitative estimate of drug-likeness (QED) is 0.893. The second-order valence-electron chi connectivity index (χ2n) is 4.11. The number of carbonyl (C=O) groups is 1. The van der Waals surface area contributed by atoms with Crippen LogP contribution in [0, 0.1) is 11.6 Å². The van der Waals surface area contributed by atoms with E-state index in [4.69, 9.17) is 0 Å². The highest BCUT2D eigenvalue weighted by molar-refractivity contribution is 6.02. The molecular formula is C13H13F2N3O. The van der Waals surface area contributed by atoms with Gasteiger partial charge in [0.1, 0.15) is 11.6 Å². The zero-order chi connectivity index (χ0) is 13.8. The van der Waals surface area contributed by atoms with Gasteiger partial charge >= 0.3 is 0 Å². The SMILES string of the molecule is CCCc1cc(C(=O)Nc2ccc(F)cc2F)n[nH]1. The van der Waals surface area contributed by atoms with Crippen molar-refractivity contribution < 1.29 is 13.6 Å². The first kappa shape index (κ1) is 13.2. The molecule has 0 radical (unpaired) electrons. The Labute approximate surface area is 108 Å². The van der Waals surface area contributed by atoms with E-state index >= 15 is 0 Å². The molecule has 2 rings (SSSR count). The molecule has 0 bridgehead atoms. The van der Waals surface area contributed by atoms with E-state index in [2.05, 4.69) is 15.5 Å². The summed E-state index contributed by atoms with van der Waals surface area (Å²) in [6, 6.07) is 4.57. The van der Waals surface area contributed by atoms with Crippen LogP contribution >= 0.6 is 0 Å². The van der Waals surface area contributed by atoms with Crippen molar-refractivity contribution >= 4 is 11.6 Å². The lowest BCUT2D eigenvalue weighted by molar-refractivity contribution is 0.102. The van der Waals surface area contributed by atoms with Crippen LogP contribution in [-0.4, -0.2) is 16.1 Å². The van der Waals surface area contributed by atoms with Gasteiger partial charge in [0.15, 0.2) is 5.69 Å². The molecule has 1 aromatic carbocycles. The zero-order valence-corrected chi connectivity index (χ0v) is 10.3. The lowest BCUT2D eigenvalue weighted by Gasteiger charge is -2.04. The summed E-state index contributed by atoms with van der Waals surface area (Å²) in [5.41, 5.74) is 0.936. The van der Waals surface area contributed by atoms with Crippen LogP contribution in [0.4, 0.5) is 14.5 Å². The van der Waals surface area contributed by atoms with Crippen molar-refractivity contribution in [3.05, 3.63) is 47.3 Å². The maximum Gasteiger partial charge on any atom is 0.276 e. The lowest BCUT2D eigenvalue weighted by atomic mass is 10.2. The molecule has 0 aliphatic heterocycles. The Balaban J connectivity index is 2.11. The maximum absolute atomic E-state index is 13.4. The molecule has 100 valence electrons. The summed E-state index contributed by atoms with van der Waals surface area (Å²) in [7, 11) is 0. The molecule has 1 aromatic heterocycles. The Morgan fingerprint density at radius 3 is 2.84 bits per heavy atom. The monoisotopic (exact) mass is 265 g/mol. The van der Waals surface area contributed by atoms with Gasteiger partial charge in [0.05, 0.1) is 5.69 Å². The number of carbonyl (C=O) groups excluding carboxylic acids is 1. The maximum atomic E-state index is 13.4. The fourth-order valence-corrected chi connectivity index (χ4v) is 1.65. The van der Waals surface area contributed by atoms with Gasteiger partial charge in [-0.2, -0.15) is 5.10 Å². The highest BCUT2D eigenvalue weighted by Gasteiger charge is 2.13. The van der Waals surface area contributed by atoms with Gasteiger partial charge in [0.2, 0.25) is 0 Å². The molecule has 0 saturated heterocycles. The first-order valence-corrected chi connectivity index (χ1v) is 5.91. The van der Waals surface area contributed by atoms with Crippen LogP contribution in [0.15, 0.2) is 24.3 Å². The smallest absolute Gasteiger partial charge is 0.276 e. The summed E-state index contributed by atoms with van der Waals surface area (Å²) in [5.74, 6) is -2.05. The number of aryl methyl sites for hydroxylation is 1. The van der Waals surface area contributed by atoms with Crippen LogP contribution in [0.3, 0.4) is 0 Å². The van der Waals surface area contributed by atoms with Crippen LogP contribution in [0.1, 0.15) is 29.5 Å². The first-order valence-electron chi connectivity index (χ1n) is 5.91. The molecule has 1 heterocycles. The largest absolute Gasteiger partial charge is 0.318 e. The van der Waals surface area contributed by atoms with Crippen LogP contribution in [0.2, 0.25) is 0 Å². The molecule has 0 saturated carbocycles. The minimum atomic E-state index is -0.822. The number of nitrogens with zero attached hydrogens (tertiary/aromatic N) is 1. The van der Waals surface area contributed by atoms with Crippen LogP contribution < -0.4 is 5.32 Å². The predicted molar refractivity (Wildman–Crippen MR) is 66.9 cm³/mol. The molecule has 2 N–H and O–H groups in total. The summed E-state index contributed by atoms with van der Waals surface area (Å²) >= 11 is 0. The number of aromatic amines is 1. The van der Waals surface area contributed by atoms with Crippen molar-refractivity contribution in [3.63, 3.8) is 0 Å². The Morgan fingerprint density at radius 2 is 2.16 bits per heavy atom. The third-order valence-electron chi connectivity index (χ3n) is 2.56. The van der Waals surface area contributed by atoms with Crippen LogP contribution in [-0.2, 0) is 6.42 Å². The van der Waals surface area contributed by atoms with Gasteiger partial charge < -0.3 is 5.32 Å². The molecule has 2 aromatic rings. The Morgan fingerprint density at radius 1 is 1.37 bits per heavy atom. The number of anilines is 1. The number of halogens is 2. The molecule has 0 unspecified atom stereocenters. The second kappa shape index (κ2) is 5.60. The van der Waals surface area contributed by atoms with E-state index in [-0.39, 0.29) is 11.4 Å². The van der Waals surface area contributed by atoms with Crippen molar-refractivity contribution in [1.29, 1.82) is 0 Å². The standard InChI is InChI=1S/C13H13F2N3O/c1-2-3-9-7-12(18-17-9)13(19)16-11-5-4-8(14)6-10(11)15/h4-7H,2-3H2,1H3,(H,16,19)(H,17,18). The normalized spacial score (nSPS) is 10.5. The van der Waals surface area contributed by atoms with Crippen molar-refractivity contribution in [2.75, 3.05) is 5.32 Å². The fourth-order valence-electron chi connectivity index (χ4n) is 1.65. The Hall–Kier alpha value is -2.24. The third-order valence-corrected chi connectivity index (χ3v) is 2.56. The molecule has 0 fully saturated rings. The summed E-state index contributed by atoms with van der Waals surface area (Å²) in [6.07, 6.45) is 1.71. The molecule has 0 spiro atoms. The molecule has 0 aliphatic rings. The average molecular weight is 265 g/mol.